The van der Waals surface area contributed by atoms with Gasteiger partial charge in [-0.25, -0.2) is 0 Å². The maximum Gasteiger partial charge on any atom is 0.389 e. The van der Waals surface area contributed by atoms with Crippen LogP contribution in [-0.4, -0.2) is 25.3 Å². The number of amides is 1. The van der Waals surface area contributed by atoms with E-state index in [1.165, 1.54) is 12.8 Å². The Labute approximate surface area is 207 Å². The lowest BCUT2D eigenvalue weighted by Crippen LogP contribution is -2.48. The van der Waals surface area contributed by atoms with Crippen molar-refractivity contribution in [1.82, 2.24) is 5.32 Å². The second kappa shape index (κ2) is 9.53. The molecule has 1 heterocycles. The van der Waals surface area contributed by atoms with Crippen molar-refractivity contribution in [2.45, 2.75) is 56.7 Å². The van der Waals surface area contributed by atoms with Crippen LogP contribution in [-0.2, 0) is 16.8 Å². The average molecular weight is 497 g/mol. The third-order valence-electron chi connectivity index (χ3n) is 7.14. The van der Waals surface area contributed by atoms with E-state index < -0.39 is 24.0 Å². The van der Waals surface area contributed by atoms with Gasteiger partial charge in [0.25, 0.3) is 5.91 Å². The van der Waals surface area contributed by atoms with Crippen LogP contribution in [0.1, 0.15) is 55.2 Å². The van der Waals surface area contributed by atoms with E-state index in [0.29, 0.717) is 43.1 Å². The smallest absolute Gasteiger partial charge is 0.389 e. The number of ether oxygens (including phenoxy) is 2. The predicted octanol–water partition coefficient (Wildman–Crippen LogP) is 5.84. The van der Waals surface area contributed by atoms with Crippen LogP contribution in [0.2, 0.25) is 0 Å². The number of nitrogens with zero attached hydrogens (tertiary/aromatic N) is 1. The fourth-order valence-electron chi connectivity index (χ4n) is 5.06. The number of hydrogen-bond acceptors (Lipinski definition) is 4. The van der Waals surface area contributed by atoms with Gasteiger partial charge in [-0.1, -0.05) is 18.2 Å². The number of hydrogen-bond donors (Lipinski definition) is 1. The molecule has 2 aromatic carbocycles. The van der Waals surface area contributed by atoms with Gasteiger partial charge in [-0.2, -0.15) is 18.4 Å². The van der Waals surface area contributed by atoms with E-state index in [-0.39, 0.29) is 18.6 Å². The van der Waals surface area contributed by atoms with Crippen LogP contribution in [0.5, 0.6) is 11.5 Å². The van der Waals surface area contributed by atoms with Crippen molar-refractivity contribution in [3.05, 3.63) is 64.7 Å². The molecule has 1 atom stereocenters. The van der Waals surface area contributed by atoms with Crippen molar-refractivity contribution in [1.29, 1.82) is 5.26 Å². The zero-order chi connectivity index (χ0) is 25.3. The first-order chi connectivity index (χ1) is 17.3. The fraction of sp³-hybridized carbons (Fsp3) is 0.429. The largest absolute Gasteiger partial charge is 0.494 e. The van der Waals surface area contributed by atoms with E-state index in [1.807, 2.05) is 36.4 Å². The molecular weight excluding hydrogens is 469 g/mol. The summed E-state index contributed by atoms with van der Waals surface area (Å²) < 4.78 is 48.5. The van der Waals surface area contributed by atoms with Gasteiger partial charge in [0.05, 0.1) is 18.8 Å². The Morgan fingerprint density at radius 2 is 1.83 bits per heavy atom. The second-order valence-corrected chi connectivity index (χ2v) is 9.84. The van der Waals surface area contributed by atoms with Crippen LogP contribution < -0.4 is 14.8 Å². The summed E-state index contributed by atoms with van der Waals surface area (Å²) in [5, 5.41) is 12.8. The van der Waals surface area contributed by atoms with Crippen LogP contribution in [0.15, 0.2) is 48.0 Å². The first-order valence-corrected chi connectivity index (χ1v) is 12.3. The van der Waals surface area contributed by atoms with E-state index in [9.17, 15) is 23.2 Å². The van der Waals surface area contributed by atoms with Gasteiger partial charge in [0.15, 0.2) is 0 Å². The van der Waals surface area contributed by atoms with Crippen LogP contribution in [0.3, 0.4) is 0 Å². The number of carbonyl (C=O) groups excluding carboxylic acids is 1. The van der Waals surface area contributed by atoms with E-state index in [2.05, 4.69) is 11.4 Å². The number of halogens is 3. The molecule has 36 heavy (non-hydrogen) atoms. The summed E-state index contributed by atoms with van der Waals surface area (Å²) in [6.45, 7) is 0.695. The van der Waals surface area contributed by atoms with Gasteiger partial charge >= 0.3 is 6.18 Å². The molecule has 5 nitrogen and oxygen atoms in total. The Kier molecular flexibility index (Phi) is 6.42. The minimum absolute atomic E-state index is 0.0149. The molecule has 0 radical (unpaired) electrons. The molecule has 0 bridgehead atoms. The molecule has 1 amide bonds. The van der Waals surface area contributed by atoms with Crippen molar-refractivity contribution in [3.8, 4) is 17.6 Å². The highest BCUT2D eigenvalue weighted by Gasteiger charge is 2.45. The number of fused-ring (bicyclic) bond motifs is 2. The zero-order valence-corrected chi connectivity index (χ0v) is 19.8. The SMILES string of the molecule is N#CC1=C(c2ccc(OCC3CC3)cc2)CC2(CCc3cc(OCCCC(F)(F)F)ccc32)NC1=O. The molecular formula is C28H27F3N2O3. The van der Waals surface area contributed by atoms with Gasteiger partial charge in [0, 0.05) is 12.8 Å². The highest BCUT2D eigenvalue weighted by molar-refractivity contribution is 6.07. The monoisotopic (exact) mass is 496 g/mol. The third-order valence-corrected chi connectivity index (χ3v) is 7.14. The molecule has 2 aromatic rings. The minimum atomic E-state index is -4.19. The van der Waals surface area contributed by atoms with Gasteiger partial charge in [0.2, 0.25) is 0 Å². The summed E-state index contributed by atoms with van der Waals surface area (Å²) in [7, 11) is 0. The van der Waals surface area contributed by atoms with Crippen LogP contribution in [0, 0.1) is 17.2 Å². The summed E-state index contributed by atoms with van der Waals surface area (Å²) in [6.07, 6.45) is -0.920. The summed E-state index contributed by atoms with van der Waals surface area (Å²) in [6, 6.07) is 15.1. The summed E-state index contributed by atoms with van der Waals surface area (Å²) in [4.78, 5) is 13.0. The molecule has 2 aliphatic carbocycles. The minimum Gasteiger partial charge on any atom is -0.494 e. The van der Waals surface area contributed by atoms with Gasteiger partial charge in [0.1, 0.15) is 23.1 Å². The van der Waals surface area contributed by atoms with Crippen molar-refractivity contribution in [3.63, 3.8) is 0 Å². The molecule has 1 spiro atoms. The van der Waals surface area contributed by atoms with Crippen LogP contribution >= 0.6 is 0 Å². The quantitative estimate of drug-likeness (QED) is 0.467. The number of rotatable bonds is 8. The highest BCUT2D eigenvalue weighted by Crippen LogP contribution is 2.47. The number of alkyl halides is 3. The lowest BCUT2D eigenvalue weighted by atomic mass is 9.78. The Morgan fingerprint density at radius 1 is 1.08 bits per heavy atom. The van der Waals surface area contributed by atoms with Crippen molar-refractivity contribution in [2.24, 2.45) is 5.92 Å². The fourth-order valence-corrected chi connectivity index (χ4v) is 5.06. The molecule has 8 heteroatoms. The summed E-state index contributed by atoms with van der Waals surface area (Å²) in [5.41, 5.74) is 2.95. The maximum atomic E-state index is 13.0. The molecule has 1 fully saturated rings. The lowest BCUT2D eigenvalue weighted by molar-refractivity contribution is -0.136. The molecule has 5 rings (SSSR count). The highest BCUT2D eigenvalue weighted by atomic mass is 19.4. The lowest BCUT2D eigenvalue weighted by Gasteiger charge is -2.37. The molecule has 0 saturated heterocycles. The molecule has 188 valence electrons. The number of carbonyl (C=O) groups is 1. The van der Waals surface area contributed by atoms with Gasteiger partial charge in [-0.15, -0.1) is 0 Å². The van der Waals surface area contributed by atoms with Gasteiger partial charge in [-0.3, -0.25) is 4.79 Å². The first-order valence-electron chi connectivity index (χ1n) is 12.3. The van der Waals surface area contributed by atoms with Crippen LogP contribution in [0.25, 0.3) is 5.57 Å². The van der Waals surface area contributed by atoms with E-state index in [1.54, 1.807) is 6.07 Å². The standard InChI is InChI=1S/C28H27F3N2O3/c29-28(30,31)11-1-13-35-22-8-9-25-20(14-22)10-12-27(25)15-23(24(16-32)26(34)33-27)19-4-6-21(7-5-19)36-17-18-2-3-18/h4-9,14,18H,1-3,10-13,15,17H2,(H,33,34). The Hall–Kier alpha value is -3.47. The molecule has 1 N–H and O–H groups in total. The van der Waals surface area contributed by atoms with Crippen molar-refractivity contribution >= 4 is 11.5 Å². The Balaban J connectivity index is 1.33. The van der Waals surface area contributed by atoms with E-state index in [0.717, 1.165) is 22.4 Å². The summed E-state index contributed by atoms with van der Waals surface area (Å²) >= 11 is 0. The average Bonchev–Trinajstić information content (AvgIpc) is 3.62. The van der Waals surface area contributed by atoms with E-state index in [4.69, 9.17) is 9.47 Å². The molecule has 1 aliphatic heterocycles. The topological polar surface area (TPSA) is 71.3 Å². The molecule has 1 saturated carbocycles. The first kappa shape index (κ1) is 24.2. The Morgan fingerprint density at radius 3 is 2.53 bits per heavy atom. The van der Waals surface area contributed by atoms with Crippen molar-refractivity contribution in [2.75, 3.05) is 13.2 Å². The normalized spacial score (nSPS) is 21.2. The predicted molar refractivity (Wildman–Crippen MR) is 127 cm³/mol. The van der Waals surface area contributed by atoms with Crippen molar-refractivity contribution < 1.29 is 27.4 Å². The molecule has 1 unspecified atom stereocenters. The maximum absolute atomic E-state index is 13.0. The number of nitrogens with one attached hydrogen (secondary N) is 1. The van der Waals surface area contributed by atoms with Gasteiger partial charge in [-0.05, 0) is 84.6 Å². The van der Waals surface area contributed by atoms with Gasteiger partial charge < -0.3 is 14.8 Å². The van der Waals surface area contributed by atoms with Crippen LogP contribution in [0.4, 0.5) is 13.2 Å². The Bertz CT molecular complexity index is 1230. The number of aryl methyl sites for hydroxylation is 1. The molecule has 3 aliphatic rings. The summed E-state index contributed by atoms with van der Waals surface area (Å²) in [5.74, 6) is 1.54. The zero-order valence-electron chi connectivity index (χ0n) is 19.8. The third kappa shape index (κ3) is 5.20. The number of nitriles is 1. The molecule has 0 aromatic heterocycles. The second-order valence-electron chi connectivity index (χ2n) is 9.84. The van der Waals surface area contributed by atoms with E-state index >= 15 is 0 Å². The number of benzene rings is 2.